The van der Waals surface area contributed by atoms with Crippen molar-refractivity contribution in [3.8, 4) is 0 Å². The van der Waals surface area contributed by atoms with Gasteiger partial charge in [-0.15, -0.1) is 0 Å². The molecule has 0 saturated heterocycles. The molecule has 25 valence electrons. The summed E-state index contributed by atoms with van der Waals surface area (Å²) in [5, 5.41) is 0. The van der Waals surface area contributed by atoms with Crippen LogP contribution in [0.4, 0.5) is 0 Å². The Balaban J connectivity index is 0. The Hall–Kier alpha value is 2.34. The Morgan fingerprint density at radius 3 is 1.00 bits per heavy atom. The molecule has 4 heteroatoms. The summed E-state index contributed by atoms with van der Waals surface area (Å²) in [6.07, 6.45) is 0. The van der Waals surface area contributed by atoms with Crippen LogP contribution in [0.15, 0.2) is 0 Å². The normalized spacial score (nSPS) is 0. The molecule has 0 saturated carbocycles. The van der Waals surface area contributed by atoms with Gasteiger partial charge in [-0.3, -0.25) is 0 Å². The molecule has 0 heterocycles. The van der Waals surface area contributed by atoms with Crippen molar-refractivity contribution in [2.24, 2.45) is 0 Å². The summed E-state index contributed by atoms with van der Waals surface area (Å²) in [6.45, 7) is 0. The molecule has 0 aliphatic rings. The van der Waals surface area contributed by atoms with E-state index < -0.39 is 0 Å². The first-order valence-electron chi connectivity index (χ1n) is 0. The molecule has 0 aromatic rings. The third-order valence-corrected chi connectivity index (χ3v) is 0. The molecule has 0 aromatic carbocycles. The molecular formula is H4CrMgMnSe. The summed E-state index contributed by atoms with van der Waals surface area (Å²) < 4.78 is 0. The van der Waals surface area contributed by atoms with Crippen molar-refractivity contribution in [3.63, 3.8) is 0 Å². The van der Waals surface area contributed by atoms with E-state index in [1.165, 1.54) is 0 Å². The fraction of sp³-hybridized carbons (Fsp3) is 0. The van der Waals surface area contributed by atoms with E-state index in [2.05, 4.69) is 0 Å². The Morgan fingerprint density at radius 1 is 1.00 bits per heavy atom. The first-order chi connectivity index (χ1) is 0. The van der Waals surface area contributed by atoms with Crippen LogP contribution in [0, 0.1) is 0 Å². The van der Waals surface area contributed by atoms with Crippen LogP contribution >= 0.6 is 0 Å². The summed E-state index contributed by atoms with van der Waals surface area (Å²) in [5.74, 6) is 0. The molecule has 1 radical (unpaired) electrons. The molecule has 4 heavy (non-hydrogen) atoms. The first kappa shape index (κ1) is 33.0. The molecular weight excluding hydrogens is 210 g/mol. The van der Waals surface area contributed by atoms with Crippen LogP contribution < -0.4 is 0 Å². The fourth-order valence-electron chi connectivity index (χ4n) is 0. The van der Waals surface area contributed by atoms with Crippen molar-refractivity contribution < 1.29 is 34.4 Å². The Labute approximate surface area is 73.7 Å². The molecule has 0 unspecified atom stereocenters. The van der Waals surface area contributed by atoms with Gasteiger partial charge in [0, 0.05) is 34.4 Å². The standard InChI is InChI=1S/Cr.Mg.Mn.H2Se.2H/h;;;1H2;;. The van der Waals surface area contributed by atoms with Crippen molar-refractivity contribution in [1.82, 2.24) is 0 Å². The van der Waals surface area contributed by atoms with Gasteiger partial charge in [-0.2, -0.15) is 0 Å². The van der Waals surface area contributed by atoms with Gasteiger partial charge in [-0.25, -0.2) is 0 Å². The van der Waals surface area contributed by atoms with E-state index in [1.54, 1.807) is 0 Å². The van der Waals surface area contributed by atoms with Gasteiger partial charge in [0.05, 0.1) is 0 Å². The second kappa shape index (κ2) is 18.4. The molecule has 0 aliphatic carbocycles. The van der Waals surface area contributed by atoms with E-state index in [4.69, 9.17) is 0 Å². The van der Waals surface area contributed by atoms with Gasteiger partial charge in [0.2, 0.25) is 0 Å². The average molecular weight is 214 g/mol. The predicted octanol–water partition coefficient (Wildman–Crippen LogP) is -1.84. The topological polar surface area (TPSA) is 0 Å². The summed E-state index contributed by atoms with van der Waals surface area (Å²) in [5.41, 5.74) is 0. The van der Waals surface area contributed by atoms with Crippen molar-refractivity contribution in [1.29, 1.82) is 0 Å². The van der Waals surface area contributed by atoms with Gasteiger partial charge in [-0.05, 0) is 0 Å². The van der Waals surface area contributed by atoms with Gasteiger partial charge in [0.1, 0.15) is 0 Å². The molecule has 0 aromatic heterocycles. The second-order valence-electron chi connectivity index (χ2n) is 0. The number of hydrogen-bond acceptors (Lipinski definition) is 0. The zero-order chi connectivity index (χ0) is 0. The fourth-order valence-corrected chi connectivity index (χ4v) is 0. The van der Waals surface area contributed by atoms with Crippen molar-refractivity contribution >= 4 is 40.1 Å². The van der Waals surface area contributed by atoms with Gasteiger partial charge in [-0.1, -0.05) is 0 Å². The van der Waals surface area contributed by atoms with E-state index in [0.29, 0.717) is 0 Å². The van der Waals surface area contributed by atoms with Crippen LogP contribution in [0.5, 0.6) is 0 Å². The van der Waals surface area contributed by atoms with Crippen molar-refractivity contribution in [3.05, 3.63) is 0 Å². The summed E-state index contributed by atoms with van der Waals surface area (Å²) >= 11 is 0. The van der Waals surface area contributed by atoms with E-state index >= 15 is 0 Å². The van der Waals surface area contributed by atoms with Crippen LogP contribution in [-0.2, 0) is 34.4 Å². The maximum atomic E-state index is 0. The molecule has 0 fully saturated rings. The van der Waals surface area contributed by atoms with Gasteiger partial charge < -0.3 is 0 Å². The van der Waals surface area contributed by atoms with E-state index in [0.717, 1.165) is 0 Å². The Kier molecular flexibility index (Phi) is 152. The molecule has 0 spiro atoms. The van der Waals surface area contributed by atoms with Gasteiger partial charge in [0.25, 0.3) is 0 Å². The van der Waals surface area contributed by atoms with Crippen LogP contribution in [-0.4, -0.2) is 40.1 Å². The molecule has 0 N–H and O–H groups in total. The average Bonchev–Trinajstić information content (AvgIpc) is 0. The minimum atomic E-state index is 0. The van der Waals surface area contributed by atoms with Gasteiger partial charge >= 0.3 is 40.1 Å². The SMILES string of the molecule is [Cr].[MgH2].[Mn].[SeH2]. The van der Waals surface area contributed by atoms with Crippen LogP contribution in [0.25, 0.3) is 0 Å². The summed E-state index contributed by atoms with van der Waals surface area (Å²) in [6, 6.07) is 0. The third kappa shape index (κ3) is 8.84. The zero-order valence-electron chi connectivity index (χ0n) is 1.29. The minimum absolute atomic E-state index is 0. The van der Waals surface area contributed by atoms with Crippen molar-refractivity contribution in [2.75, 3.05) is 0 Å². The maximum absolute atomic E-state index is 0. The Bertz CT molecular complexity index is 8.00. The molecule has 0 nitrogen and oxygen atoms in total. The second-order valence-corrected chi connectivity index (χ2v) is 0. The van der Waals surface area contributed by atoms with Crippen LogP contribution in [0.3, 0.4) is 0 Å². The summed E-state index contributed by atoms with van der Waals surface area (Å²) in [4.78, 5) is 0. The zero-order valence-corrected chi connectivity index (χ0v) is 5.84. The quantitative estimate of drug-likeness (QED) is 0.416. The molecule has 0 bridgehead atoms. The number of rotatable bonds is 0. The predicted molar refractivity (Wildman–Crippen MR) is 17.1 cm³/mol. The molecule has 0 atom stereocenters. The van der Waals surface area contributed by atoms with Crippen molar-refractivity contribution in [2.45, 2.75) is 0 Å². The summed E-state index contributed by atoms with van der Waals surface area (Å²) in [7, 11) is 0. The monoisotopic (exact) mass is 215 g/mol. The van der Waals surface area contributed by atoms with E-state index in [-0.39, 0.29) is 74.6 Å². The Morgan fingerprint density at radius 2 is 1.00 bits per heavy atom. The van der Waals surface area contributed by atoms with E-state index in [9.17, 15) is 0 Å². The molecule has 0 rings (SSSR count). The molecule has 0 amide bonds. The first-order valence-corrected chi connectivity index (χ1v) is 0. The number of hydrogen-bond donors (Lipinski definition) is 0. The van der Waals surface area contributed by atoms with E-state index in [1.807, 2.05) is 0 Å². The molecule has 0 aliphatic heterocycles. The third-order valence-electron chi connectivity index (χ3n) is 0. The van der Waals surface area contributed by atoms with Gasteiger partial charge in [0.15, 0.2) is 0 Å². The van der Waals surface area contributed by atoms with Crippen LogP contribution in [0.2, 0.25) is 0 Å². The van der Waals surface area contributed by atoms with Crippen LogP contribution in [0.1, 0.15) is 0 Å².